The molecule has 0 saturated heterocycles. The average Bonchev–Trinajstić information content (AvgIpc) is 2.41. The fraction of sp³-hybridized carbons (Fsp3) is 0.625. The predicted octanol–water partition coefficient (Wildman–Crippen LogP) is 4.14. The summed E-state index contributed by atoms with van der Waals surface area (Å²) < 4.78 is 30.9. The molecule has 0 saturated carbocycles. The number of benzene rings is 1. The summed E-state index contributed by atoms with van der Waals surface area (Å²) in [5.74, 6) is 0.427. The first-order chi connectivity index (χ1) is 9.45. The normalized spacial score (nSPS) is 12.7. The second-order valence-electron chi connectivity index (χ2n) is 5.50. The van der Waals surface area contributed by atoms with E-state index in [4.69, 9.17) is 4.55 Å². The van der Waals surface area contributed by atoms with E-state index in [1.54, 1.807) is 12.1 Å². The van der Waals surface area contributed by atoms with Crippen LogP contribution < -0.4 is 0 Å². The molecule has 1 rings (SSSR count). The van der Waals surface area contributed by atoms with Gasteiger partial charge in [-0.3, -0.25) is 4.55 Å². The second kappa shape index (κ2) is 10.8. The zero-order chi connectivity index (χ0) is 15.0. The molecule has 0 amide bonds. The van der Waals surface area contributed by atoms with Crippen LogP contribution in [-0.4, -0.2) is 42.5 Å². The third kappa shape index (κ3) is 8.36. The first-order valence-corrected chi connectivity index (χ1v) is 8.96. The minimum atomic E-state index is -4.08. The van der Waals surface area contributed by atoms with Crippen LogP contribution in [0.5, 0.6) is 0 Å². The first kappa shape index (κ1) is 21.1. The van der Waals surface area contributed by atoms with Crippen molar-refractivity contribution >= 4 is 39.7 Å². The third-order valence-corrected chi connectivity index (χ3v) is 4.61. The summed E-state index contributed by atoms with van der Waals surface area (Å²) in [6, 6.07) is 6.54. The molecule has 5 heteroatoms. The van der Waals surface area contributed by atoms with Gasteiger partial charge in [0.15, 0.2) is 0 Å². The zero-order valence-corrected chi connectivity index (χ0v) is 13.3. The van der Waals surface area contributed by atoms with Crippen molar-refractivity contribution in [2.45, 2.75) is 69.6 Å². The molecule has 0 fully saturated rings. The van der Waals surface area contributed by atoms with Gasteiger partial charge in [-0.05, 0) is 30.0 Å². The molecule has 0 aliphatic heterocycles. The van der Waals surface area contributed by atoms with E-state index >= 15 is 0 Å². The molecular formula is C16H27NaO3S. The third-order valence-electron chi connectivity index (χ3n) is 3.74. The summed E-state index contributed by atoms with van der Waals surface area (Å²) >= 11 is 0. The van der Waals surface area contributed by atoms with E-state index in [1.165, 1.54) is 50.7 Å². The Hall–Kier alpha value is 0.130. The Morgan fingerprint density at radius 1 is 1.00 bits per heavy atom. The molecular weight excluding hydrogens is 295 g/mol. The molecule has 0 aromatic heterocycles. The van der Waals surface area contributed by atoms with E-state index in [0.717, 1.165) is 12.0 Å². The number of hydrogen-bond acceptors (Lipinski definition) is 2. The molecule has 1 aromatic carbocycles. The molecule has 3 nitrogen and oxygen atoms in total. The molecule has 116 valence electrons. The number of rotatable bonds is 9. The second-order valence-corrected chi connectivity index (χ2v) is 6.92. The van der Waals surface area contributed by atoms with Crippen LogP contribution in [0.15, 0.2) is 29.2 Å². The Balaban J connectivity index is 0.00000400. The van der Waals surface area contributed by atoms with E-state index in [1.807, 2.05) is 0 Å². The average molecular weight is 322 g/mol. The van der Waals surface area contributed by atoms with Crippen molar-refractivity contribution in [1.82, 2.24) is 0 Å². The van der Waals surface area contributed by atoms with Gasteiger partial charge in [0, 0.05) is 0 Å². The molecule has 1 N–H and O–H groups in total. The topological polar surface area (TPSA) is 54.4 Å². The maximum atomic E-state index is 11.0. The number of unbranched alkanes of at least 4 members (excludes halogenated alkanes) is 5. The van der Waals surface area contributed by atoms with E-state index in [9.17, 15) is 8.42 Å². The van der Waals surface area contributed by atoms with E-state index in [0.29, 0.717) is 5.92 Å². The summed E-state index contributed by atoms with van der Waals surface area (Å²) in [4.78, 5) is -0.0342. The van der Waals surface area contributed by atoms with E-state index < -0.39 is 10.1 Å². The van der Waals surface area contributed by atoms with Crippen LogP contribution in [0.3, 0.4) is 0 Å². The van der Waals surface area contributed by atoms with E-state index in [2.05, 4.69) is 13.8 Å². The van der Waals surface area contributed by atoms with Crippen LogP contribution in [0.1, 0.15) is 70.3 Å². The van der Waals surface area contributed by atoms with Crippen LogP contribution >= 0.6 is 0 Å². The van der Waals surface area contributed by atoms with Gasteiger partial charge in [0.05, 0.1) is 4.90 Å². The van der Waals surface area contributed by atoms with Crippen LogP contribution in [0.2, 0.25) is 0 Å². The van der Waals surface area contributed by atoms with Crippen LogP contribution in [0, 0.1) is 0 Å². The summed E-state index contributed by atoms with van der Waals surface area (Å²) in [7, 11) is -4.08. The molecule has 21 heavy (non-hydrogen) atoms. The molecule has 0 radical (unpaired) electrons. The van der Waals surface area contributed by atoms with Crippen molar-refractivity contribution in [3.63, 3.8) is 0 Å². The van der Waals surface area contributed by atoms with Crippen LogP contribution in [0.4, 0.5) is 0 Å². The van der Waals surface area contributed by atoms with Gasteiger partial charge in [0.2, 0.25) is 0 Å². The van der Waals surface area contributed by atoms with E-state index in [-0.39, 0.29) is 34.5 Å². The van der Waals surface area contributed by atoms with Crippen LogP contribution in [0.25, 0.3) is 0 Å². The standard InChI is InChI=1S/C16H26O3S.Na.H/c1-3-4-5-6-7-8-9-14(2)15-10-12-16(13-11-15)20(17,18)19;;/h10-14H,3-9H2,1-2H3,(H,17,18,19);;. The Kier molecular flexibility index (Phi) is 10.9. The Morgan fingerprint density at radius 2 is 1.52 bits per heavy atom. The van der Waals surface area contributed by atoms with Crippen molar-refractivity contribution in [3.8, 4) is 0 Å². The zero-order valence-electron chi connectivity index (χ0n) is 12.5. The fourth-order valence-electron chi connectivity index (χ4n) is 2.37. The van der Waals surface area contributed by atoms with Crippen molar-refractivity contribution in [1.29, 1.82) is 0 Å². The molecule has 0 bridgehead atoms. The molecule has 0 spiro atoms. The summed E-state index contributed by atoms with van der Waals surface area (Å²) in [6.45, 7) is 4.38. The van der Waals surface area contributed by atoms with Crippen molar-refractivity contribution in [2.24, 2.45) is 0 Å². The Morgan fingerprint density at radius 3 is 2.05 bits per heavy atom. The molecule has 0 aliphatic carbocycles. The number of hydrogen-bond donors (Lipinski definition) is 1. The van der Waals surface area contributed by atoms with Gasteiger partial charge in [0.1, 0.15) is 0 Å². The first-order valence-electron chi connectivity index (χ1n) is 7.52. The van der Waals surface area contributed by atoms with Crippen molar-refractivity contribution < 1.29 is 13.0 Å². The molecule has 1 unspecified atom stereocenters. The van der Waals surface area contributed by atoms with Gasteiger partial charge < -0.3 is 0 Å². The molecule has 1 aromatic rings. The Labute approximate surface area is 151 Å². The van der Waals surface area contributed by atoms with Gasteiger partial charge in [-0.15, -0.1) is 0 Å². The van der Waals surface area contributed by atoms with Crippen molar-refractivity contribution in [3.05, 3.63) is 29.8 Å². The summed E-state index contributed by atoms with van der Waals surface area (Å²) in [5, 5.41) is 0. The van der Waals surface area contributed by atoms with Gasteiger partial charge in [-0.2, -0.15) is 8.42 Å². The summed E-state index contributed by atoms with van der Waals surface area (Å²) in [6.07, 6.45) is 8.84. The van der Waals surface area contributed by atoms with Crippen molar-refractivity contribution in [2.75, 3.05) is 0 Å². The Bertz CT molecular complexity index is 483. The molecule has 0 aliphatic rings. The van der Waals surface area contributed by atoms with Gasteiger partial charge in [0.25, 0.3) is 10.1 Å². The van der Waals surface area contributed by atoms with Gasteiger partial charge >= 0.3 is 29.6 Å². The summed E-state index contributed by atoms with van der Waals surface area (Å²) in [5.41, 5.74) is 1.13. The molecule has 0 heterocycles. The molecule has 1 atom stereocenters. The van der Waals surface area contributed by atoms with Crippen LogP contribution in [-0.2, 0) is 10.1 Å². The SMILES string of the molecule is CCCCCCCCC(C)c1ccc(S(=O)(=O)O)cc1.[NaH]. The fourth-order valence-corrected chi connectivity index (χ4v) is 2.85. The minimum absolute atomic E-state index is 0. The predicted molar refractivity (Wildman–Crippen MR) is 89.8 cm³/mol. The quantitative estimate of drug-likeness (QED) is 0.422. The van der Waals surface area contributed by atoms with Gasteiger partial charge in [-0.1, -0.05) is 64.5 Å². The van der Waals surface area contributed by atoms with Gasteiger partial charge in [-0.25, -0.2) is 0 Å². The maximum absolute atomic E-state index is 11.0. The monoisotopic (exact) mass is 322 g/mol.